The highest BCUT2D eigenvalue weighted by Gasteiger charge is 2.24. The van der Waals surface area contributed by atoms with E-state index in [1.54, 1.807) is 0 Å². The highest BCUT2D eigenvalue weighted by Crippen LogP contribution is 2.32. The molecule has 1 aromatic rings. The maximum Gasteiger partial charge on any atom is 0.229 e. The number of anilines is 1. The summed E-state index contributed by atoms with van der Waals surface area (Å²) in [4.78, 5) is 12.2. The monoisotopic (exact) mass is 276 g/mol. The van der Waals surface area contributed by atoms with Gasteiger partial charge in [0.1, 0.15) is 5.82 Å². The van der Waals surface area contributed by atoms with E-state index in [0.717, 1.165) is 31.0 Å². The van der Waals surface area contributed by atoms with Gasteiger partial charge in [-0.2, -0.15) is 5.10 Å². The molecule has 0 aromatic carbocycles. The average Bonchev–Trinajstić information content (AvgIpc) is 3.10. The van der Waals surface area contributed by atoms with Crippen LogP contribution in [0.1, 0.15) is 50.1 Å². The van der Waals surface area contributed by atoms with Crippen LogP contribution in [0, 0.1) is 5.92 Å². The summed E-state index contributed by atoms with van der Waals surface area (Å²) in [6.45, 7) is 1.73. The average molecular weight is 276 g/mol. The minimum absolute atomic E-state index is 0.100. The van der Waals surface area contributed by atoms with Crippen LogP contribution in [0.4, 0.5) is 5.82 Å². The van der Waals surface area contributed by atoms with Crippen molar-refractivity contribution in [1.82, 2.24) is 15.1 Å². The minimum Gasteiger partial charge on any atom is -0.316 e. The van der Waals surface area contributed by atoms with Crippen molar-refractivity contribution in [2.75, 3.05) is 18.4 Å². The van der Waals surface area contributed by atoms with Gasteiger partial charge < -0.3 is 10.6 Å². The Morgan fingerprint density at radius 2 is 2.15 bits per heavy atom. The Morgan fingerprint density at radius 1 is 1.35 bits per heavy atom. The van der Waals surface area contributed by atoms with Crippen molar-refractivity contribution in [1.29, 1.82) is 0 Å². The second-order valence-corrected chi connectivity index (χ2v) is 6.09. The fourth-order valence-electron chi connectivity index (χ4n) is 3.31. The van der Waals surface area contributed by atoms with Crippen molar-refractivity contribution < 1.29 is 4.79 Å². The van der Waals surface area contributed by atoms with Crippen LogP contribution in [0.25, 0.3) is 0 Å². The topological polar surface area (TPSA) is 59.0 Å². The van der Waals surface area contributed by atoms with Crippen molar-refractivity contribution in [3.8, 4) is 0 Å². The number of hydrogen-bond acceptors (Lipinski definition) is 3. The highest BCUT2D eigenvalue weighted by molar-refractivity contribution is 5.92. The van der Waals surface area contributed by atoms with Crippen molar-refractivity contribution in [2.45, 2.75) is 44.4 Å². The molecular weight excluding hydrogens is 252 g/mol. The van der Waals surface area contributed by atoms with Crippen LogP contribution in [0.3, 0.4) is 0 Å². The lowest BCUT2D eigenvalue weighted by Crippen LogP contribution is -2.25. The summed E-state index contributed by atoms with van der Waals surface area (Å²) in [5, 5.41) is 10.9. The molecule has 0 bridgehead atoms. The Balaban J connectivity index is 1.67. The molecule has 1 aliphatic heterocycles. The zero-order valence-electron chi connectivity index (χ0n) is 12.2. The molecule has 2 fully saturated rings. The molecule has 20 heavy (non-hydrogen) atoms. The zero-order valence-corrected chi connectivity index (χ0v) is 12.2. The second kappa shape index (κ2) is 5.95. The lowest BCUT2D eigenvalue weighted by Gasteiger charge is -2.19. The number of carbonyl (C=O) groups excluding carboxylic acids is 1. The first-order chi connectivity index (χ1) is 9.74. The number of aromatic nitrogens is 2. The molecule has 0 radical (unpaired) electrons. The van der Waals surface area contributed by atoms with Gasteiger partial charge in [-0.25, -0.2) is 0 Å². The smallest absolute Gasteiger partial charge is 0.229 e. The standard InChI is InChI=1S/C15H24N4O/c1-19-14(17-15(20)12-7-8-16-10-12)9-13(18-19)11-5-3-2-4-6-11/h9,11-12,16H,2-8,10H2,1H3,(H,17,20). The molecule has 1 amide bonds. The number of hydrogen-bond donors (Lipinski definition) is 2. The van der Waals surface area contributed by atoms with E-state index in [1.165, 1.54) is 32.1 Å². The van der Waals surface area contributed by atoms with Gasteiger partial charge in [0, 0.05) is 25.6 Å². The summed E-state index contributed by atoms with van der Waals surface area (Å²) in [5.74, 6) is 1.63. The van der Waals surface area contributed by atoms with E-state index in [0.29, 0.717) is 5.92 Å². The molecule has 3 rings (SSSR count). The molecule has 110 valence electrons. The molecule has 2 aliphatic rings. The number of amides is 1. The van der Waals surface area contributed by atoms with Gasteiger partial charge in [0.05, 0.1) is 11.6 Å². The van der Waals surface area contributed by atoms with E-state index >= 15 is 0 Å². The Bertz CT molecular complexity index is 470. The number of nitrogens with one attached hydrogen (secondary N) is 2. The first-order valence-corrected chi connectivity index (χ1v) is 7.79. The molecule has 1 aliphatic carbocycles. The van der Waals surface area contributed by atoms with Crippen LogP contribution in [-0.2, 0) is 11.8 Å². The number of rotatable bonds is 3. The van der Waals surface area contributed by atoms with Gasteiger partial charge in [0.15, 0.2) is 0 Å². The Labute approximate surface area is 120 Å². The molecule has 0 spiro atoms. The number of carbonyl (C=O) groups is 1. The number of aryl methyl sites for hydroxylation is 1. The van der Waals surface area contributed by atoms with E-state index in [1.807, 2.05) is 11.7 Å². The van der Waals surface area contributed by atoms with Crippen molar-refractivity contribution in [3.63, 3.8) is 0 Å². The SMILES string of the molecule is Cn1nc(C2CCCCC2)cc1NC(=O)C1CCNC1. The molecular formula is C15H24N4O. The lowest BCUT2D eigenvalue weighted by molar-refractivity contribution is -0.119. The van der Waals surface area contributed by atoms with Gasteiger partial charge in [-0.05, 0) is 25.8 Å². The predicted octanol–water partition coefficient (Wildman–Crippen LogP) is 2.02. The summed E-state index contributed by atoms with van der Waals surface area (Å²) >= 11 is 0. The van der Waals surface area contributed by atoms with Crippen LogP contribution in [0.2, 0.25) is 0 Å². The highest BCUT2D eigenvalue weighted by atomic mass is 16.2. The van der Waals surface area contributed by atoms with Crippen LogP contribution in [-0.4, -0.2) is 28.8 Å². The van der Waals surface area contributed by atoms with Crippen LogP contribution in [0.15, 0.2) is 6.07 Å². The lowest BCUT2D eigenvalue weighted by atomic mass is 9.87. The van der Waals surface area contributed by atoms with Gasteiger partial charge in [-0.3, -0.25) is 9.48 Å². The molecule has 5 nitrogen and oxygen atoms in total. The van der Waals surface area contributed by atoms with E-state index in [4.69, 9.17) is 0 Å². The van der Waals surface area contributed by atoms with E-state index in [9.17, 15) is 4.79 Å². The third-order valence-corrected chi connectivity index (χ3v) is 4.60. The molecule has 1 atom stereocenters. The van der Waals surface area contributed by atoms with Crippen molar-refractivity contribution in [2.24, 2.45) is 13.0 Å². The van der Waals surface area contributed by atoms with E-state index < -0.39 is 0 Å². The maximum absolute atomic E-state index is 12.2. The van der Waals surface area contributed by atoms with Crippen molar-refractivity contribution >= 4 is 11.7 Å². The summed E-state index contributed by atoms with van der Waals surface area (Å²) in [7, 11) is 1.91. The quantitative estimate of drug-likeness (QED) is 0.888. The van der Waals surface area contributed by atoms with Gasteiger partial charge in [0.2, 0.25) is 5.91 Å². The summed E-state index contributed by atoms with van der Waals surface area (Å²) in [6, 6.07) is 2.07. The van der Waals surface area contributed by atoms with Crippen LogP contribution in [0.5, 0.6) is 0 Å². The summed E-state index contributed by atoms with van der Waals surface area (Å²) in [5.41, 5.74) is 1.15. The van der Waals surface area contributed by atoms with Gasteiger partial charge in [-0.1, -0.05) is 19.3 Å². The molecule has 1 aromatic heterocycles. The Hall–Kier alpha value is -1.36. The summed E-state index contributed by atoms with van der Waals surface area (Å²) < 4.78 is 1.81. The first kappa shape index (κ1) is 13.6. The molecule has 1 saturated heterocycles. The third kappa shape index (κ3) is 2.87. The van der Waals surface area contributed by atoms with Crippen LogP contribution < -0.4 is 10.6 Å². The van der Waals surface area contributed by atoms with Gasteiger partial charge >= 0.3 is 0 Å². The normalized spacial score (nSPS) is 23.9. The van der Waals surface area contributed by atoms with E-state index in [2.05, 4.69) is 21.8 Å². The molecule has 1 saturated carbocycles. The minimum atomic E-state index is 0.100. The molecule has 2 heterocycles. The summed E-state index contributed by atoms with van der Waals surface area (Å²) in [6.07, 6.45) is 7.35. The largest absolute Gasteiger partial charge is 0.316 e. The first-order valence-electron chi connectivity index (χ1n) is 7.79. The fourth-order valence-corrected chi connectivity index (χ4v) is 3.31. The van der Waals surface area contributed by atoms with Gasteiger partial charge in [0.25, 0.3) is 0 Å². The molecule has 2 N–H and O–H groups in total. The number of nitrogens with zero attached hydrogens (tertiary/aromatic N) is 2. The second-order valence-electron chi connectivity index (χ2n) is 6.09. The fraction of sp³-hybridized carbons (Fsp3) is 0.733. The van der Waals surface area contributed by atoms with Crippen LogP contribution >= 0.6 is 0 Å². The third-order valence-electron chi connectivity index (χ3n) is 4.60. The Morgan fingerprint density at radius 3 is 2.85 bits per heavy atom. The maximum atomic E-state index is 12.2. The predicted molar refractivity (Wildman–Crippen MR) is 78.6 cm³/mol. The zero-order chi connectivity index (χ0) is 13.9. The van der Waals surface area contributed by atoms with Crippen molar-refractivity contribution in [3.05, 3.63) is 11.8 Å². The van der Waals surface area contributed by atoms with Gasteiger partial charge in [-0.15, -0.1) is 0 Å². The van der Waals surface area contributed by atoms with E-state index in [-0.39, 0.29) is 11.8 Å². The molecule has 5 heteroatoms. The Kier molecular flexibility index (Phi) is 4.05. The molecule has 1 unspecified atom stereocenters.